The predicted molar refractivity (Wildman–Crippen MR) is 246 cm³/mol. The van der Waals surface area contributed by atoms with Crippen molar-refractivity contribution in [3.63, 3.8) is 0 Å². The van der Waals surface area contributed by atoms with Gasteiger partial charge in [-0.1, -0.05) is 114 Å². The maximum atomic E-state index is 7.22. The van der Waals surface area contributed by atoms with E-state index < -0.39 is 16.6 Å². The van der Waals surface area contributed by atoms with Gasteiger partial charge in [0.25, 0.3) is 0 Å². The van der Waals surface area contributed by atoms with Crippen LogP contribution in [0.25, 0.3) is 0 Å². The normalized spacial score (nSPS) is 22.4. The van der Waals surface area contributed by atoms with Gasteiger partial charge in [-0.05, 0) is 99.4 Å². The molecule has 0 N–H and O–H groups in total. The maximum absolute atomic E-state index is 7.22. The highest BCUT2D eigenvalue weighted by molar-refractivity contribution is 6.74. The second-order valence-electron chi connectivity index (χ2n) is 19.2. The Morgan fingerprint density at radius 3 is 2.26 bits per heavy atom. The summed E-state index contributed by atoms with van der Waals surface area (Å²) in [4.78, 5) is 0. The van der Waals surface area contributed by atoms with Gasteiger partial charge in [0.05, 0.1) is 56.9 Å². The van der Waals surface area contributed by atoms with Crippen LogP contribution in [0.4, 0.5) is 0 Å². The molecule has 0 aliphatic carbocycles. The van der Waals surface area contributed by atoms with E-state index in [1.165, 1.54) is 11.1 Å². The molecule has 2 heterocycles. The summed E-state index contributed by atoms with van der Waals surface area (Å²) in [5.41, 5.74) is 3.59. The second-order valence-corrected chi connectivity index (χ2v) is 28.7. The Kier molecular flexibility index (Phi) is 19.7. The van der Waals surface area contributed by atoms with Gasteiger partial charge >= 0.3 is 0 Å². The average molecular weight is 835 g/mol. The molecule has 0 spiro atoms. The van der Waals surface area contributed by atoms with Gasteiger partial charge in [0.1, 0.15) is 11.9 Å². The van der Waals surface area contributed by atoms with Crippen LogP contribution in [0.2, 0.25) is 36.3 Å². The molecule has 7 atom stereocenters. The smallest absolute Gasteiger partial charge is 0.193 e. The first-order chi connectivity index (χ1) is 27.2. The van der Waals surface area contributed by atoms with E-state index in [1.54, 1.807) is 14.2 Å². The van der Waals surface area contributed by atoms with Crippen molar-refractivity contribution in [1.29, 1.82) is 0 Å². The molecule has 0 bridgehead atoms. The summed E-state index contributed by atoms with van der Waals surface area (Å²) in [6.45, 7) is 30.8. The lowest BCUT2D eigenvalue weighted by atomic mass is 9.98. The molecule has 58 heavy (non-hydrogen) atoms. The summed E-state index contributed by atoms with van der Waals surface area (Å²) >= 11 is 0. The van der Waals surface area contributed by atoms with Crippen LogP contribution in [0.5, 0.6) is 5.75 Å². The van der Waals surface area contributed by atoms with Gasteiger partial charge in [-0.2, -0.15) is 0 Å². The largest absolute Gasteiger partial charge is 0.497 e. The summed E-state index contributed by atoms with van der Waals surface area (Å²) in [7, 11) is -0.914. The van der Waals surface area contributed by atoms with Crippen LogP contribution >= 0.6 is 0 Å². The first-order valence-electron chi connectivity index (χ1n) is 21.4. The minimum absolute atomic E-state index is 0.00702. The van der Waals surface area contributed by atoms with Crippen molar-refractivity contribution in [2.45, 2.75) is 179 Å². The van der Waals surface area contributed by atoms with Crippen LogP contribution in [0.3, 0.4) is 0 Å². The summed E-state index contributed by atoms with van der Waals surface area (Å²) < 4.78 is 44.8. The van der Waals surface area contributed by atoms with Crippen LogP contribution in [-0.2, 0) is 34.4 Å². The van der Waals surface area contributed by atoms with E-state index in [4.69, 9.17) is 39.0 Å². The summed E-state index contributed by atoms with van der Waals surface area (Å²) in [6, 6.07) is 8.09. The minimum atomic E-state index is -2.21. The molecule has 0 fully saturated rings. The Labute approximate surface area is 355 Å². The molecular formula is C49H78O7Si2. The number of rotatable bonds is 22. The third-order valence-corrected chi connectivity index (χ3v) is 21.3. The number of ether oxygens (including phenoxy) is 5. The van der Waals surface area contributed by atoms with E-state index in [9.17, 15) is 0 Å². The Morgan fingerprint density at radius 2 is 1.66 bits per heavy atom. The summed E-state index contributed by atoms with van der Waals surface area (Å²) in [5.74, 6) is 3.55. The van der Waals surface area contributed by atoms with Gasteiger partial charge < -0.3 is 32.5 Å². The van der Waals surface area contributed by atoms with Crippen molar-refractivity contribution in [3.05, 3.63) is 90.1 Å². The number of terminal acetylenes is 1. The van der Waals surface area contributed by atoms with Crippen molar-refractivity contribution in [2.75, 3.05) is 20.8 Å². The molecule has 0 aromatic heterocycles. The number of methoxy groups -OCH3 is 2. The van der Waals surface area contributed by atoms with E-state index in [-0.39, 0.29) is 52.8 Å². The summed E-state index contributed by atoms with van der Waals surface area (Å²) in [6.07, 6.45) is 25.5. The monoisotopic (exact) mass is 835 g/mol. The van der Waals surface area contributed by atoms with Crippen molar-refractivity contribution < 1.29 is 32.5 Å². The maximum Gasteiger partial charge on any atom is 0.193 e. The molecule has 0 amide bonds. The standard InChI is InChI=1S/C49H78O7Si2/c1-16-19-41-28-30-44(51-11)46(54-41)23-17-20-37(2)35-43(55-57(12,13)48(4,5)6)21-18-22-45(53-36-39-24-26-40(50-10)27-25-39)47(56-58(14,15)49(7,8)9)31-29-42-34-38(3)32-33-52-42/h1,18,21,24-32,41-47H,2,17,19-20,22-23,33-36H2,3-15H3/t41-,42-,43?,44+,45+,46-,47+/m1/s1. The fraction of sp³-hybridized carbons (Fsp3) is 0.633. The molecule has 0 saturated heterocycles. The molecule has 1 aromatic carbocycles. The van der Waals surface area contributed by atoms with E-state index in [0.29, 0.717) is 26.1 Å². The van der Waals surface area contributed by atoms with E-state index in [1.807, 2.05) is 18.2 Å². The SMILES string of the molecule is C#CC[C@@H]1C=C[C@H](OC)[C@@H](CCCC(=C)CC(C=CC[C@H](OCc2ccc(OC)cc2)[C@H](C=C[C@@H]2CC(C)=CCO2)O[Si](C)(C)C(C)(C)C)O[Si](C)(C)C(C)(C)C)O1. The lowest BCUT2D eigenvalue weighted by Crippen LogP contribution is -2.47. The molecule has 3 rings (SSSR count). The van der Waals surface area contributed by atoms with Crippen molar-refractivity contribution >= 4 is 16.6 Å². The highest BCUT2D eigenvalue weighted by Crippen LogP contribution is 2.40. The van der Waals surface area contributed by atoms with Crippen molar-refractivity contribution in [3.8, 4) is 18.1 Å². The van der Waals surface area contributed by atoms with E-state index in [2.05, 4.69) is 136 Å². The van der Waals surface area contributed by atoms with Crippen molar-refractivity contribution in [2.24, 2.45) is 0 Å². The third-order valence-electron chi connectivity index (χ3n) is 12.3. The molecule has 0 saturated carbocycles. The Bertz CT molecular complexity index is 1570. The van der Waals surface area contributed by atoms with Crippen LogP contribution in [0, 0.1) is 12.3 Å². The van der Waals surface area contributed by atoms with Gasteiger partial charge in [0.2, 0.25) is 0 Å². The number of benzene rings is 1. The van der Waals surface area contributed by atoms with E-state index >= 15 is 0 Å². The van der Waals surface area contributed by atoms with Crippen LogP contribution in [0.1, 0.15) is 99.0 Å². The Balaban J connectivity index is 1.88. The fourth-order valence-corrected chi connectivity index (χ4v) is 9.05. The molecule has 324 valence electrons. The molecule has 7 nitrogen and oxygen atoms in total. The number of hydrogen-bond acceptors (Lipinski definition) is 7. The zero-order valence-electron chi connectivity index (χ0n) is 38.4. The lowest BCUT2D eigenvalue weighted by molar-refractivity contribution is -0.0721. The zero-order valence-corrected chi connectivity index (χ0v) is 40.4. The molecule has 0 radical (unpaired) electrons. The second kappa shape index (κ2) is 22.9. The molecule has 1 unspecified atom stereocenters. The fourth-order valence-electron chi connectivity index (χ4n) is 6.52. The lowest BCUT2D eigenvalue weighted by Gasteiger charge is -2.40. The molecule has 9 heteroatoms. The number of hydrogen-bond donors (Lipinski definition) is 0. The summed E-state index contributed by atoms with van der Waals surface area (Å²) in [5, 5.41) is 0.0776. The molecule has 2 aliphatic rings. The quantitative estimate of drug-likeness (QED) is 0.0655. The Morgan fingerprint density at radius 1 is 0.983 bits per heavy atom. The predicted octanol–water partition coefficient (Wildman–Crippen LogP) is 12.1. The third kappa shape index (κ3) is 16.2. The first kappa shape index (κ1) is 49.8. The topological polar surface area (TPSA) is 64.6 Å². The highest BCUT2D eigenvalue weighted by atomic mass is 28.4. The van der Waals surface area contributed by atoms with Crippen LogP contribution in [-0.4, -0.2) is 80.2 Å². The molecule has 2 aliphatic heterocycles. The van der Waals surface area contributed by atoms with Gasteiger partial charge in [-0.15, -0.1) is 12.3 Å². The van der Waals surface area contributed by atoms with Gasteiger partial charge in [-0.3, -0.25) is 0 Å². The van der Waals surface area contributed by atoms with Gasteiger partial charge in [0.15, 0.2) is 16.6 Å². The first-order valence-corrected chi connectivity index (χ1v) is 27.2. The highest BCUT2D eigenvalue weighted by Gasteiger charge is 2.41. The van der Waals surface area contributed by atoms with Crippen LogP contribution in [0.15, 0.2) is 84.5 Å². The zero-order chi connectivity index (χ0) is 43.1. The Hall–Kier alpha value is -2.53. The van der Waals surface area contributed by atoms with Crippen LogP contribution < -0.4 is 4.74 Å². The van der Waals surface area contributed by atoms with Gasteiger partial charge in [-0.25, -0.2) is 0 Å². The van der Waals surface area contributed by atoms with E-state index in [0.717, 1.165) is 43.4 Å². The molecule has 1 aromatic rings. The average Bonchev–Trinajstić information content (AvgIpc) is 3.14. The minimum Gasteiger partial charge on any atom is -0.497 e. The molecular weight excluding hydrogens is 757 g/mol. The van der Waals surface area contributed by atoms with Crippen molar-refractivity contribution in [1.82, 2.24) is 0 Å². The van der Waals surface area contributed by atoms with Gasteiger partial charge in [0, 0.05) is 13.5 Å².